The quantitative estimate of drug-likeness (QED) is 0.830. The smallest absolute Gasteiger partial charge is 0.123 e. The summed E-state index contributed by atoms with van der Waals surface area (Å²) in [5.41, 5.74) is 1.93. The maximum Gasteiger partial charge on any atom is 0.123 e. The highest BCUT2D eigenvalue weighted by molar-refractivity contribution is 6.31. The van der Waals surface area contributed by atoms with Crippen LogP contribution in [-0.2, 0) is 13.0 Å². The van der Waals surface area contributed by atoms with E-state index in [0.717, 1.165) is 12.0 Å². The average Bonchev–Trinajstić information content (AvgIpc) is 2.46. The molecule has 2 nitrogen and oxygen atoms in total. The first-order valence-corrected chi connectivity index (χ1v) is 6.61. The summed E-state index contributed by atoms with van der Waals surface area (Å²) in [6.45, 7) is 2.15. The summed E-state index contributed by atoms with van der Waals surface area (Å²) in [5.74, 6) is 0.271. The second-order valence-corrected chi connectivity index (χ2v) is 4.72. The van der Waals surface area contributed by atoms with Crippen LogP contribution >= 0.6 is 11.6 Å². The molecule has 0 aliphatic carbocycles. The van der Waals surface area contributed by atoms with Gasteiger partial charge in [-0.25, -0.2) is 4.39 Å². The lowest BCUT2D eigenvalue weighted by molar-refractivity contribution is 0.305. The number of aryl methyl sites for hydroxylation is 1. The normalized spacial score (nSPS) is 10.1. The van der Waals surface area contributed by atoms with Crippen molar-refractivity contribution in [3.05, 3.63) is 63.9 Å². The van der Waals surface area contributed by atoms with Gasteiger partial charge in [-0.15, -0.1) is 0 Å². The molecule has 0 spiro atoms. The van der Waals surface area contributed by atoms with Crippen LogP contribution in [0.15, 0.2) is 36.4 Å². The lowest BCUT2D eigenvalue weighted by atomic mass is 10.1. The molecule has 0 bridgehead atoms. The van der Waals surface area contributed by atoms with Crippen molar-refractivity contribution in [2.24, 2.45) is 0 Å². The summed E-state index contributed by atoms with van der Waals surface area (Å²) >= 11 is 6.03. The van der Waals surface area contributed by atoms with Crippen molar-refractivity contribution < 1.29 is 9.13 Å². The van der Waals surface area contributed by atoms with E-state index < -0.39 is 0 Å². The van der Waals surface area contributed by atoms with Crippen LogP contribution in [0.25, 0.3) is 0 Å². The third-order valence-electron chi connectivity index (χ3n) is 2.98. The van der Waals surface area contributed by atoms with Gasteiger partial charge in [-0.1, -0.05) is 18.5 Å². The Morgan fingerprint density at radius 2 is 2.00 bits per heavy atom. The number of halogens is 2. The predicted octanol–water partition coefficient (Wildman–Crippen LogP) is 4.49. The fourth-order valence-electron chi connectivity index (χ4n) is 1.86. The van der Waals surface area contributed by atoms with E-state index in [1.54, 1.807) is 12.1 Å². The molecule has 0 aromatic heterocycles. The van der Waals surface area contributed by atoms with Crippen molar-refractivity contribution in [3.63, 3.8) is 0 Å². The Morgan fingerprint density at radius 1 is 1.20 bits per heavy atom. The van der Waals surface area contributed by atoms with Gasteiger partial charge in [-0.2, -0.15) is 5.26 Å². The van der Waals surface area contributed by atoms with Crippen LogP contribution in [0.1, 0.15) is 23.6 Å². The molecular weight excluding hydrogens is 277 g/mol. The lowest BCUT2D eigenvalue weighted by Crippen LogP contribution is -1.99. The number of nitriles is 1. The number of ether oxygens (including phenoxy) is 1. The molecule has 0 N–H and O–H groups in total. The van der Waals surface area contributed by atoms with Crippen molar-refractivity contribution in [2.75, 3.05) is 0 Å². The molecule has 0 atom stereocenters. The molecule has 0 radical (unpaired) electrons. The third kappa shape index (κ3) is 3.28. The second-order valence-electron chi connectivity index (χ2n) is 4.31. The number of nitrogens with zero attached hydrogens (tertiary/aromatic N) is 1. The SMILES string of the molecule is CCc1cc(OCc2cc(F)ccc2C#N)ccc1Cl. The topological polar surface area (TPSA) is 33.0 Å². The Kier molecular flexibility index (Phi) is 4.60. The molecule has 0 amide bonds. The van der Waals surface area contributed by atoms with Crippen LogP contribution < -0.4 is 4.74 Å². The van der Waals surface area contributed by atoms with Crippen LogP contribution in [0.3, 0.4) is 0 Å². The van der Waals surface area contributed by atoms with Crippen molar-refractivity contribution in [1.82, 2.24) is 0 Å². The van der Waals surface area contributed by atoms with Crippen LogP contribution in [0.4, 0.5) is 4.39 Å². The minimum atomic E-state index is -0.382. The minimum Gasteiger partial charge on any atom is -0.489 e. The zero-order chi connectivity index (χ0) is 14.5. The van der Waals surface area contributed by atoms with Gasteiger partial charge in [-0.3, -0.25) is 0 Å². The fourth-order valence-corrected chi connectivity index (χ4v) is 2.11. The van der Waals surface area contributed by atoms with E-state index in [-0.39, 0.29) is 12.4 Å². The molecule has 0 aliphatic heterocycles. The van der Waals surface area contributed by atoms with Gasteiger partial charge in [0.05, 0.1) is 11.6 Å². The van der Waals surface area contributed by atoms with Crippen LogP contribution in [0, 0.1) is 17.1 Å². The highest BCUT2D eigenvalue weighted by Crippen LogP contribution is 2.23. The standard InChI is InChI=1S/C16H13ClFNO/c1-2-11-8-15(5-6-16(11)17)20-10-13-7-14(18)4-3-12(13)9-19/h3-8H,2,10H2,1H3. The molecule has 102 valence electrons. The molecule has 0 aliphatic rings. The van der Waals surface area contributed by atoms with Gasteiger partial charge in [-0.05, 0) is 48.4 Å². The monoisotopic (exact) mass is 289 g/mol. The van der Waals surface area contributed by atoms with E-state index >= 15 is 0 Å². The molecule has 0 unspecified atom stereocenters. The van der Waals surface area contributed by atoms with E-state index in [0.29, 0.717) is 21.9 Å². The largest absolute Gasteiger partial charge is 0.489 e. The molecule has 20 heavy (non-hydrogen) atoms. The Morgan fingerprint density at radius 3 is 2.70 bits per heavy atom. The molecule has 2 rings (SSSR count). The first-order chi connectivity index (χ1) is 9.63. The van der Waals surface area contributed by atoms with Gasteiger partial charge in [0.15, 0.2) is 0 Å². The summed E-state index contributed by atoms with van der Waals surface area (Å²) in [4.78, 5) is 0. The number of hydrogen-bond acceptors (Lipinski definition) is 2. The molecule has 2 aromatic carbocycles. The van der Waals surface area contributed by atoms with Crippen molar-refractivity contribution in [2.45, 2.75) is 20.0 Å². The highest BCUT2D eigenvalue weighted by atomic mass is 35.5. The maximum absolute atomic E-state index is 13.2. The zero-order valence-corrected chi connectivity index (χ0v) is 11.7. The summed E-state index contributed by atoms with van der Waals surface area (Å²) in [5, 5.41) is 9.68. The van der Waals surface area contributed by atoms with Crippen molar-refractivity contribution >= 4 is 11.6 Å². The summed E-state index contributed by atoms with van der Waals surface area (Å²) in [6.07, 6.45) is 0.805. The maximum atomic E-state index is 13.2. The summed E-state index contributed by atoms with van der Waals surface area (Å²) in [7, 11) is 0. The van der Waals surface area contributed by atoms with E-state index in [9.17, 15) is 4.39 Å². The third-order valence-corrected chi connectivity index (χ3v) is 3.35. The Labute approximate surface area is 122 Å². The first-order valence-electron chi connectivity index (χ1n) is 6.23. The average molecular weight is 290 g/mol. The van der Waals surface area contributed by atoms with E-state index in [1.165, 1.54) is 18.2 Å². The lowest BCUT2D eigenvalue weighted by Gasteiger charge is -2.10. The van der Waals surface area contributed by atoms with Gasteiger partial charge in [0.2, 0.25) is 0 Å². The van der Waals surface area contributed by atoms with E-state index in [4.69, 9.17) is 21.6 Å². The summed E-state index contributed by atoms with van der Waals surface area (Å²) < 4.78 is 18.8. The van der Waals surface area contributed by atoms with E-state index in [2.05, 4.69) is 0 Å². The summed E-state index contributed by atoms with van der Waals surface area (Å²) in [6, 6.07) is 11.4. The van der Waals surface area contributed by atoms with Gasteiger partial charge >= 0.3 is 0 Å². The molecule has 0 saturated carbocycles. The van der Waals surface area contributed by atoms with Crippen LogP contribution in [-0.4, -0.2) is 0 Å². The number of benzene rings is 2. The second kappa shape index (κ2) is 6.40. The van der Waals surface area contributed by atoms with E-state index in [1.807, 2.05) is 19.1 Å². The molecule has 0 saturated heterocycles. The highest BCUT2D eigenvalue weighted by Gasteiger charge is 2.06. The van der Waals surface area contributed by atoms with Crippen molar-refractivity contribution in [1.29, 1.82) is 5.26 Å². The predicted molar refractivity (Wildman–Crippen MR) is 76.3 cm³/mol. The van der Waals surface area contributed by atoms with Crippen LogP contribution in [0.2, 0.25) is 5.02 Å². The van der Waals surface area contributed by atoms with Gasteiger partial charge in [0.1, 0.15) is 18.2 Å². The Hall–Kier alpha value is -2.05. The molecule has 2 aromatic rings. The van der Waals surface area contributed by atoms with Gasteiger partial charge < -0.3 is 4.74 Å². The Bertz CT molecular complexity index is 664. The minimum absolute atomic E-state index is 0.144. The van der Waals surface area contributed by atoms with Gasteiger partial charge in [0.25, 0.3) is 0 Å². The van der Waals surface area contributed by atoms with Crippen molar-refractivity contribution in [3.8, 4) is 11.8 Å². The van der Waals surface area contributed by atoms with Gasteiger partial charge in [0, 0.05) is 10.6 Å². The number of rotatable bonds is 4. The fraction of sp³-hybridized carbons (Fsp3) is 0.188. The molecule has 0 fully saturated rings. The molecular formula is C16H13ClFNO. The Balaban J connectivity index is 2.17. The first kappa shape index (κ1) is 14.4. The zero-order valence-electron chi connectivity index (χ0n) is 11.0. The molecule has 0 heterocycles. The van der Waals surface area contributed by atoms with Crippen LogP contribution in [0.5, 0.6) is 5.75 Å². The molecule has 4 heteroatoms. The number of hydrogen-bond donors (Lipinski definition) is 0.